The zero-order valence-electron chi connectivity index (χ0n) is 16.3. The first-order chi connectivity index (χ1) is 12.7. The number of hydrogen-bond acceptors (Lipinski definition) is 4. The van der Waals surface area contributed by atoms with E-state index in [0.29, 0.717) is 6.54 Å². The average molecular weight is 359 g/mol. The van der Waals surface area contributed by atoms with E-state index in [1.165, 1.54) is 51.9 Å². The summed E-state index contributed by atoms with van der Waals surface area (Å²) in [5.74, 6) is 0.176. The number of piperazine rings is 1. The number of amides is 1. The molecule has 0 unspecified atom stereocenters. The number of rotatable bonds is 7. The molecular weight excluding hydrogens is 324 g/mol. The normalized spacial score (nSPS) is 20.2. The first-order valence-corrected chi connectivity index (χ1v) is 10.2. The number of nitrogens with zero attached hydrogens (tertiary/aromatic N) is 4. The van der Waals surface area contributed by atoms with Crippen molar-refractivity contribution < 1.29 is 4.79 Å². The fourth-order valence-corrected chi connectivity index (χ4v) is 3.96. The second-order valence-corrected chi connectivity index (χ2v) is 7.66. The molecule has 2 aliphatic heterocycles. The molecule has 2 fully saturated rings. The van der Waals surface area contributed by atoms with Crippen LogP contribution in [-0.4, -0.2) is 86.6 Å². The topological polar surface area (TPSA) is 30.0 Å². The highest BCUT2D eigenvalue weighted by Gasteiger charge is 2.21. The zero-order valence-corrected chi connectivity index (χ0v) is 16.3. The molecule has 0 aliphatic carbocycles. The van der Waals surface area contributed by atoms with Gasteiger partial charge in [-0.2, -0.15) is 0 Å². The van der Waals surface area contributed by atoms with Gasteiger partial charge in [-0.25, -0.2) is 0 Å². The van der Waals surface area contributed by atoms with Crippen molar-refractivity contribution in [2.75, 3.05) is 70.9 Å². The number of carbonyl (C=O) groups is 1. The van der Waals surface area contributed by atoms with Crippen LogP contribution in [-0.2, 0) is 4.79 Å². The summed E-state index contributed by atoms with van der Waals surface area (Å²) in [6, 6.07) is 9.90. The van der Waals surface area contributed by atoms with E-state index < -0.39 is 0 Å². The number of piperidine rings is 1. The molecule has 144 valence electrons. The van der Waals surface area contributed by atoms with Crippen molar-refractivity contribution in [3.8, 4) is 0 Å². The molecule has 5 nitrogen and oxygen atoms in total. The van der Waals surface area contributed by atoms with Crippen molar-refractivity contribution in [3.05, 3.63) is 30.3 Å². The Morgan fingerprint density at radius 1 is 0.846 bits per heavy atom. The summed E-state index contributed by atoms with van der Waals surface area (Å²) in [6.45, 7) is 9.73. The molecule has 1 aromatic rings. The van der Waals surface area contributed by atoms with E-state index in [2.05, 4.69) is 14.7 Å². The molecule has 2 heterocycles. The molecule has 0 atom stereocenters. The summed E-state index contributed by atoms with van der Waals surface area (Å²) in [6.07, 6.45) is 5.45. The molecule has 1 aromatic carbocycles. The first-order valence-electron chi connectivity index (χ1n) is 10.2. The maximum atomic E-state index is 12.5. The van der Waals surface area contributed by atoms with E-state index in [0.717, 1.165) is 31.9 Å². The zero-order chi connectivity index (χ0) is 18.2. The Morgan fingerprint density at radius 2 is 1.42 bits per heavy atom. The van der Waals surface area contributed by atoms with Crippen molar-refractivity contribution in [2.45, 2.75) is 25.7 Å². The largest absolute Gasteiger partial charge is 0.314 e. The Labute approximate surface area is 158 Å². The number of likely N-dealkylation sites (N-methyl/N-ethyl adjacent to an activating group) is 1. The third-order valence-corrected chi connectivity index (χ3v) is 5.74. The Balaban J connectivity index is 1.32. The van der Waals surface area contributed by atoms with Gasteiger partial charge in [-0.15, -0.1) is 0 Å². The van der Waals surface area contributed by atoms with E-state index in [1.807, 2.05) is 37.4 Å². The summed E-state index contributed by atoms with van der Waals surface area (Å²) in [5.41, 5.74) is 0.967. The molecule has 5 heteroatoms. The van der Waals surface area contributed by atoms with Gasteiger partial charge in [0.1, 0.15) is 0 Å². The number of hydrogen-bond donors (Lipinski definition) is 0. The average Bonchev–Trinajstić information content (AvgIpc) is 2.70. The standard InChI is InChI=1S/C21H34N4O/c1-22(20-9-4-2-5-10-20)21(26)19-25-17-15-24(16-18-25)14-8-13-23-11-6-3-7-12-23/h2,4-5,9-10H,3,6-8,11-19H2,1H3. The molecule has 1 amide bonds. The van der Waals surface area contributed by atoms with Crippen LogP contribution in [0.3, 0.4) is 0 Å². The van der Waals surface area contributed by atoms with Gasteiger partial charge in [-0.05, 0) is 57.6 Å². The van der Waals surface area contributed by atoms with E-state index in [4.69, 9.17) is 0 Å². The van der Waals surface area contributed by atoms with Crippen LogP contribution in [0.5, 0.6) is 0 Å². The van der Waals surface area contributed by atoms with Crippen molar-refractivity contribution in [1.29, 1.82) is 0 Å². The van der Waals surface area contributed by atoms with Gasteiger partial charge < -0.3 is 14.7 Å². The van der Waals surface area contributed by atoms with Gasteiger partial charge in [-0.1, -0.05) is 24.6 Å². The predicted molar refractivity (Wildman–Crippen MR) is 108 cm³/mol. The second kappa shape index (κ2) is 10.0. The second-order valence-electron chi connectivity index (χ2n) is 7.66. The fraction of sp³-hybridized carbons (Fsp3) is 0.667. The summed E-state index contributed by atoms with van der Waals surface area (Å²) >= 11 is 0. The Kier molecular flexibility index (Phi) is 7.47. The lowest BCUT2D eigenvalue weighted by molar-refractivity contribution is -0.119. The molecule has 3 rings (SSSR count). The van der Waals surface area contributed by atoms with Crippen LogP contribution in [0.4, 0.5) is 5.69 Å². The lowest BCUT2D eigenvalue weighted by Gasteiger charge is -2.35. The quantitative estimate of drug-likeness (QED) is 0.747. The number of anilines is 1. The number of para-hydroxylation sites is 1. The van der Waals surface area contributed by atoms with Crippen LogP contribution >= 0.6 is 0 Å². The molecule has 2 saturated heterocycles. The highest BCUT2D eigenvalue weighted by atomic mass is 16.2. The lowest BCUT2D eigenvalue weighted by atomic mass is 10.1. The molecule has 0 radical (unpaired) electrons. The van der Waals surface area contributed by atoms with Gasteiger partial charge in [-0.3, -0.25) is 9.69 Å². The van der Waals surface area contributed by atoms with Crippen molar-refractivity contribution in [2.24, 2.45) is 0 Å². The van der Waals surface area contributed by atoms with Crippen LogP contribution in [0.2, 0.25) is 0 Å². The summed E-state index contributed by atoms with van der Waals surface area (Å²) in [5, 5.41) is 0. The Bertz CT molecular complexity index is 536. The molecule has 26 heavy (non-hydrogen) atoms. The molecule has 2 aliphatic rings. The maximum Gasteiger partial charge on any atom is 0.240 e. The minimum Gasteiger partial charge on any atom is -0.314 e. The third-order valence-electron chi connectivity index (χ3n) is 5.74. The minimum absolute atomic E-state index is 0.176. The molecule has 0 saturated carbocycles. The Hall–Kier alpha value is -1.43. The summed E-state index contributed by atoms with van der Waals surface area (Å²) in [4.78, 5) is 21.8. The van der Waals surface area contributed by atoms with Crippen LogP contribution in [0.15, 0.2) is 30.3 Å². The number of carbonyl (C=O) groups excluding carboxylic acids is 1. The maximum absolute atomic E-state index is 12.5. The third kappa shape index (κ3) is 5.79. The van der Waals surface area contributed by atoms with Gasteiger partial charge >= 0.3 is 0 Å². The molecule has 0 N–H and O–H groups in total. The molecule has 0 aromatic heterocycles. The minimum atomic E-state index is 0.176. The van der Waals surface area contributed by atoms with Crippen LogP contribution in [0.25, 0.3) is 0 Å². The highest BCUT2D eigenvalue weighted by molar-refractivity contribution is 5.94. The summed E-state index contributed by atoms with van der Waals surface area (Å²) in [7, 11) is 1.87. The molecule has 0 bridgehead atoms. The number of benzene rings is 1. The van der Waals surface area contributed by atoms with Crippen LogP contribution in [0, 0.1) is 0 Å². The van der Waals surface area contributed by atoms with Gasteiger partial charge in [0.2, 0.25) is 5.91 Å². The highest BCUT2D eigenvalue weighted by Crippen LogP contribution is 2.12. The van der Waals surface area contributed by atoms with Crippen molar-refractivity contribution >= 4 is 11.6 Å². The van der Waals surface area contributed by atoms with Crippen LogP contribution < -0.4 is 4.90 Å². The predicted octanol–water partition coefficient (Wildman–Crippen LogP) is 2.14. The summed E-state index contributed by atoms with van der Waals surface area (Å²) < 4.78 is 0. The fourth-order valence-electron chi connectivity index (χ4n) is 3.96. The van der Waals surface area contributed by atoms with Gasteiger partial charge in [0.15, 0.2) is 0 Å². The Morgan fingerprint density at radius 3 is 2.08 bits per heavy atom. The van der Waals surface area contributed by atoms with Gasteiger partial charge in [0.25, 0.3) is 0 Å². The van der Waals surface area contributed by atoms with E-state index in [-0.39, 0.29) is 5.91 Å². The smallest absolute Gasteiger partial charge is 0.240 e. The van der Waals surface area contributed by atoms with Gasteiger partial charge in [0.05, 0.1) is 6.54 Å². The lowest BCUT2D eigenvalue weighted by Crippen LogP contribution is -2.50. The number of likely N-dealkylation sites (tertiary alicyclic amines) is 1. The van der Waals surface area contributed by atoms with E-state index >= 15 is 0 Å². The molecule has 0 spiro atoms. The SMILES string of the molecule is CN(C(=O)CN1CCN(CCCN2CCCCC2)CC1)c1ccccc1. The van der Waals surface area contributed by atoms with E-state index in [9.17, 15) is 4.79 Å². The first kappa shape index (κ1) is 19.3. The van der Waals surface area contributed by atoms with Crippen LogP contribution in [0.1, 0.15) is 25.7 Å². The molecular formula is C21H34N4O. The van der Waals surface area contributed by atoms with E-state index in [1.54, 1.807) is 4.90 Å². The monoisotopic (exact) mass is 358 g/mol. The van der Waals surface area contributed by atoms with Crippen molar-refractivity contribution in [1.82, 2.24) is 14.7 Å². The van der Waals surface area contributed by atoms with Crippen molar-refractivity contribution in [3.63, 3.8) is 0 Å². The van der Waals surface area contributed by atoms with Gasteiger partial charge in [0, 0.05) is 38.9 Å².